The van der Waals surface area contributed by atoms with Crippen molar-refractivity contribution in [1.29, 1.82) is 0 Å². The number of rotatable bonds is 4. The van der Waals surface area contributed by atoms with Crippen LogP contribution in [0.25, 0.3) is 0 Å². The van der Waals surface area contributed by atoms with E-state index in [0.717, 1.165) is 6.07 Å². The van der Waals surface area contributed by atoms with Gasteiger partial charge in [-0.25, -0.2) is 4.78 Å². The minimum Gasteiger partial charge on any atom is -0.312 e. The number of halogens is 4. The van der Waals surface area contributed by atoms with Crippen molar-refractivity contribution >= 4 is 30.1 Å². The van der Waals surface area contributed by atoms with Crippen molar-refractivity contribution in [3.05, 3.63) is 64.7 Å². The first-order chi connectivity index (χ1) is 12.8. The van der Waals surface area contributed by atoms with E-state index in [1.807, 2.05) is 0 Å². The van der Waals surface area contributed by atoms with Crippen molar-refractivity contribution < 1.29 is 22.3 Å². The third-order valence-corrected chi connectivity index (χ3v) is 6.92. The average Bonchev–Trinajstić information content (AvgIpc) is 2.67. The zero-order valence-electron chi connectivity index (χ0n) is 14.4. The van der Waals surface area contributed by atoms with E-state index in [1.165, 1.54) is 24.0 Å². The van der Waals surface area contributed by atoms with Crippen LogP contribution in [0.15, 0.2) is 53.6 Å². The predicted molar refractivity (Wildman–Crippen MR) is 99.6 cm³/mol. The molecule has 0 bridgehead atoms. The molecule has 1 heterocycles. The molecule has 0 radical (unpaired) electrons. The van der Waals surface area contributed by atoms with Crippen LogP contribution in [-0.2, 0) is 15.3 Å². The predicted octanol–water partition coefficient (Wildman–Crippen LogP) is 5.32. The summed E-state index contributed by atoms with van der Waals surface area (Å²) >= 11 is 5.69. The van der Waals surface area contributed by atoms with Gasteiger partial charge >= 0.3 is 13.7 Å². The summed E-state index contributed by atoms with van der Waals surface area (Å²) in [6, 6.07) is 12.3. The molecule has 0 aliphatic carbocycles. The van der Waals surface area contributed by atoms with Crippen LogP contribution in [0.4, 0.5) is 13.2 Å². The summed E-state index contributed by atoms with van der Waals surface area (Å²) in [6.07, 6.45) is -3.51. The van der Waals surface area contributed by atoms with Crippen LogP contribution in [0.5, 0.6) is 0 Å². The highest BCUT2D eigenvalue weighted by Crippen LogP contribution is 2.50. The minimum absolute atomic E-state index is 0.298. The molecule has 0 fully saturated rings. The van der Waals surface area contributed by atoms with E-state index < -0.39 is 19.3 Å². The van der Waals surface area contributed by atoms with E-state index in [1.54, 1.807) is 30.3 Å². The minimum atomic E-state index is -4.56. The van der Waals surface area contributed by atoms with Crippen LogP contribution in [-0.4, -0.2) is 24.1 Å². The Labute approximate surface area is 160 Å². The fourth-order valence-electron chi connectivity index (χ4n) is 2.89. The Balaban J connectivity index is 2.01. The van der Waals surface area contributed by atoms with Crippen LogP contribution in [0.3, 0.4) is 0 Å². The van der Waals surface area contributed by atoms with Gasteiger partial charge in [0.05, 0.1) is 21.6 Å². The fraction of sp³-hybridized carbons (Fsp3) is 0.278. The summed E-state index contributed by atoms with van der Waals surface area (Å²) in [6.45, 7) is 0.378. The molecule has 0 amide bonds. The normalized spacial score (nSPS) is 17.4. The lowest BCUT2D eigenvalue weighted by atomic mass is 10.0. The molecule has 0 aromatic heterocycles. The summed E-state index contributed by atoms with van der Waals surface area (Å²) in [4.78, 5) is 0. The lowest BCUT2D eigenvalue weighted by molar-refractivity contribution is -0.137. The summed E-state index contributed by atoms with van der Waals surface area (Å²) in [5.74, 6) is 0. The van der Waals surface area contributed by atoms with E-state index in [9.17, 15) is 17.7 Å². The van der Waals surface area contributed by atoms with Crippen molar-refractivity contribution in [2.24, 2.45) is 5.10 Å². The second-order valence-electron chi connectivity index (χ2n) is 5.98. The molecule has 1 unspecified atom stereocenters. The highest BCUT2D eigenvalue weighted by Gasteiger charge is 2.36. The summed E-state index contributed by atoms with van der Waals surface area (Å²) in [5, 5.41) is 4.48. The van der Waals surface area contributed by atoms with Crippen molar-refractivity contribution in [2.45, 2.75) is 19.0 Å². The highest BCUT2D eigenvalue weighted by molar-refractivity contribution is 7.64. The molecule has 2 aromatic rings. The van der Waals surface area contributed by atoms with Gasteiger partial charge in [-0.2, -0.15) is 18.3 Å². The molecule has 144 valence electrons. The molecule has 1 aliphatic heterocycles. The molecule has 0 saturated carbocycles. The van der Waals surface area contributed by atoms with Gasteiger partial charge in [0.1, 0.15) is 0 Å². The average molecular weight is 417 g/mol. The molecular weight excluding hydrogens is 400 g/mol. The topological polar surface area (TPSA) is 41.9 Å². The van der Waals surface area contributed by atoms with E-state index >= 15 is 0 Å². The van der Waals surface area contributed by atoms with Crippen LogP contribution >= 0.6 is 19.1 Å². The molecule has 0 spiro atoms. The molecule has 1 aliphatic rings. The van der Waals surface area contributed by atoms with Crippen molar-refractivity contribution in [3.8, 4) is 0 Å². The molecule has 27 heavy (non-hydrogen) atoms. The van der Waals surface area contributed by atoms with E-state index in [-0.39, 0.29) is 5.02 Å². The second kappa shape index (κ2) is 7.66. The highest BCUT2D eigenvalue weighted by atomic mass is 35.5. The first kappa shape index (κ1) is 19.9. The maximum absolute atomic E-state index is 13.4. The van der Waals surface area contributed by atoms with E-state index in [4.69, 9.17) is 16.1 Å². The second-order valence-corrected chi connectivity index (χ2v) is 8.77. The molecule has 0 N–H and O–H groups in total. The number of hydrazone groups is 1. The summed E-state index contributed by atoms with van der Waals surface area (Å²) in [7, 11) is -2.11. The lowest BCUT2D eigenvalue weighted by Crippen LogP contribution is -2.29. The lowest BCUT2D eigenvalue weighted by Gasteiger charge is -2.31. The van der Waals surface area contributed by atoms with Gasteiger partial charge in [0.2, 0.25) is 0 Å². The standard InChI is InChI=1S/C18H17ClF3N2O2P/c1-26-27(25,14-6-3-2-4-7-14)24-11-5-8-17(23-24)13-9-10-16(19)15(12-13)18(20,21)22/h2-4,6-7,9-10,12H,5,8,11H2,1H3. The van der Waals surface area contributed by atoms with Gasteiger partial charge in [-0.05, 0) is 42.7 Å². The zero-order valence-corrected chi connectivity index (χ0v) is 16.1. The number of hydrogen-bond donors (Lipinski definition) is 0. The molecule has 1 atom stereocenters. The van der Waals surface area contributed by atoms with E-state index in [2.05, 4.69) is 5.10 Å². The van der Waals surface area contributed by atoms with Crippen molar-refractivity contribution in [3.63, 3.8) is 0 Å². The largest absolute Gasteiger partial charge is 0.417 e. The van der Waals surface area contributed by atoms with Crippen LogP contribution in [0, 0.1) is 0 Å². The van der Waals surface area contributed by atoms with Gasteiger partial charge in [0, 0.05) is 13.7 Å². The fourth-order valence-corrected chi connectivity index (χ4v) is 4.96. The summed E-state index contributed by atoms with van der Waals surface area (Å²) < 4.78 is 59.5. The molecule has 4 nitrogen and oxygen atoms in total. The molecule has 0 saturated heterocycles. The Bertz CT molecular complexity index is 903. The van der Waals surface area contributed by atoms with Gasteiger partial charge in [0.25, 0.3) is 0 Å². The third kappa shape index (κ3) is 4.05. The van der Waals surface area contributed by atoms with Crippen LogP contribution in [0.1, 0.15) is 24.0 Å². The Morgan fingerprint density at radius 3 is 2.52 bits per heavy atom. The Kier molecular flexibility index (Phi) is 5.65. The maximum Gasteiger partial charge on any atom is 0.417 e. The summed E-state index contributed by atoms with van der Waals surface area (Å²) in [5.41, 5.74) is -0.205. The Morgan fingerprint density at radius 2 is 1.89 bits per heavy atom. The number of benzene rings is 2. The van der Waals surface area contributed by atoms with Crippen LogP contribution in [0.2, 0.25) is 5.02 Å². The van der Waals surface area contributed by atoms with E-state index in [0.29, 0.717) is 36.0 Å². The smallest absolute Gasteiger partial charge is 0.312 e. The number of nitrogens with zero attached hydrogens (tertiary/aromatic N) is 2. The quantitative estimate of drug-likeness (QED) is 0.633. The first-order valence-corrected chi connectivity index (χ1v) is 10.2. The molecular formula is C18H17ClF3N2O2P. The monoisotopic (exact) mass is 416 g/mol. The number of hydrogen-bond acceptors (Lipinski definition) is 3. The molecule has 2 aromatic carbocycles. The van der Waals surface area contributed by atoms with Gasteiger partial charge < -0.3 is 4.52 Å². The zero-order chi connectivity index (χ0) is 19.7. The maximum atomic E-state index is 13.4. The molecule has 9 heteroatoms. The first-order valence-electron chi connectivity index (χ1n) is 8.20. The van der Waals surface area contributed by atoms with Crippen LogP contribution < -0.4 is 5.30 Å². The molecule has 3 rings (SSSR count). The van der Waals surface area contributed by atoms with Gasteiger partial charge in [-0.1, -0.05) is 35.9 Å². The van der Waals surface area contributed by atoms with Gasteiger partial charge in [-0.15, -0.1) is 0 Å². The van der Waals surface area contributed by atoms with Gasteiger partial charge in [0.15, 0.2) is 0 Å². The Morgan fingerprint density at radius 1 is 1.19 bits per heavy atom. The van der Waals surface area contributed by atoms with Crippen molar-refractivity contribution in [1.82, 2.24) is 4.78 Å². The third-order valence-electron chi connectivity index (χ3n) is 4.25. The number of alkyl halides is 3. The van der Waals surface area contributed by atoms with Crippen molar-refractivity contribution in [2.75, 3.05) is 13.7 Å². The SMILES string of the molecule is COP(=O)(c1ccccc1)N1CCCC(c2ccc(Cl)c(C(F)(F)F)c2)=N1. The Hall–Kier alpha value is -1.82. The van der Waals surface area contributed by atoms with Gasteiger partial charge in [-0.3, -0.25) is 4.57 Å².